The number of carbonyl (C=O) groups is 1. The molecule has 0 spiro atoms. The Morgan fingerprint density at radius 3 is 2.41 bits per heavy atom. The maximum atomic E-state index is 13.1. The van der Waals surface area contributed by atoms with Gasteiger partial charge >= 0.3 is 0 Å². The van der Waals surface area contributed by atoms with Gasteiger partial charge in [0.15, 0.2) is 5.13 Å². The summed E-state index contributed by atoms with van der Waals surface area (Å²) in [5, 5.41) is 3.17. The smallest absolute Gasteiger partial charge is 0.243 e. The molecule has 0 bridgehead atoms. The Morgan fingerprint density at radius 2 is 1.93 bits per heavy atom. The number of sulfonamides is 1. The number of rotatable bonds is 8. The Hall–Kier alpha value is -1.97. The molecule has 2 rings (SSSR count). The second-order valence-electron chi connectivity index (χ2n) is 6.19. The molecular formula is C18H25N3O4S2. The zero-order chi connectivity index (χ0) is 20.2. The number of thiazole rings is 1. The Kier molecular flexibility index (Phi) is 6.96. The SMILES string of the molecule is CCC(C)N(CC(=O)Nc1nc(C)c(C)s1)S(=O)(=O)c1ccc(OC)cc1. The lowest BCUT2D eigenvalue weighted by molar-refractivity contribution is -0.116. The first kappa shape index (κ1) is 21.3. The summed E-state index contributed by atoms with van der Waals surface area (Å²) >= 11 is 1.37. The standard InChI is InChI=1S/C18H25N3O4S2/c1-6-12(2)21(11-17(22)20-18-19-13(3)14(4)26-18)27(23,24)16-9-7-15(25-5)8-10-16/h7-10,12H,6,11H2,1-5H3,(H,19,20,22). The molecule has 0 aliphatic carbocycles. The van der Waals surface area contributed by atoms with E-state index in [0.717, 1.165) is 10.6 Å². The van der Waals surface area contributed by atoms with E-state index in [1.807, 2.05) is 20.8 Å². The third kappa shape index (κ3) is 5.06. The maximum Gasteiger partial charge on any atom is 0.243 e. The van der Waals surface area contributed by atoms with Crippen LogP contribution in [0.2, 0.25) is 0 Å². The Balaban J connectivity index is 2.23. The molecule has 1 atom stereocenters. The highest BCUT2D eigenvalue weighted by Crippen LogP contribution is 2.24. The van der Waals surface area contributed by atoms with Gasteiger partial charge in [0, 0.05) is 10.9 Å². The van der Waals surface area contributed by atoms with Crippen LogP contribution in [0.1, 0.15) is 30.8 Å². The number of aryl methyl sites for hydroxylation is 2. The summed E-state index contributed by atoms with van der Waals surface area (Å²) in [5.74, 6) is 0.150. The van der Waals surface area contributed by atoms with Gasteiger partial charge in [-0.05, 0) is 51.5 Å². The Labute approximate surface area is 164 Å². The van der Waals surface area contributed by atoms with Gasteiger partial charge in [-0.1, -0.05) is 6.92 Å². The van der Waals surface area contributed by atoms with Crippen LogP contribution in [0.3, 0.4) is 0 Å². The zero-order valence-corrected chi connectivity index (χ0v) is 17.8. The topological polar surface area (TPSA) is 88.6 Å². The molecule has 0 radical (unpaired) electrons. The molecule has 0 aliphatic rings. The van der Waals surface area contributed by atoms with Crippen LogP contribution in [0, 0.1) is 13.8 Å². The first-order chi connectivity index (χ1) is 12.7. The van der Waals surface area contributed by atoms with Gasteiger partial charge in [-0.15, -0.1) is 11.3 Å². The first-order valence-electron chi connectivity index (χ1n) is 8.58. The Bertz CT molecular complexity index is 872. The first-order valence-corrected chi connectivity index (χ1v) is 10.8. The molecule has 148 valence electrons. The number of aromatic nitrogens is 1. The number of anilines is 1. The summed E-state index contributed by atoms with van der Waals surface area (Å²) in [5.41, 5.74) is 0.847. The predicted molar refractivity (Wildman–Crippen MR) is 107 cm³/mol. The monoisotopic (exact) mass is 411 g/mol. The van der Waals surface area contributed by atoms with Crippen LogP contribution in [-0.2, 0) is 14.8 Å². The van der Waals surface area contributed by atoms with Gasteiger partial charge in [0.2, 0.25) is 15.9 Å². The largest absolute Gasteiger partial charge is 0.497 e. The number of hydrogen-bond acceptors (Lipinski definition) is 6. The van der Waals surface area contributed by atoms with Crippen molar-refractivity contribution in [1.29, 1.82) is 0 Å². The highest BCUT2D eigenvalue weighted by atomic mass is 32.2. The van der Waals surface area contributed by atoms with E-state index >= 15 is 0 Å². The predicted octanol–water partition coefficient (Wildman–Crippen LogP) is 3.20. The molecule has 1 amide bonds. The van der Waals surface area contributed by atoms with Gasteiger partial charge in [0.1, 0.15) is 5.75 Å². The molecule has 1 heterocycles. The van der Waals surface area contributed by atoms with Crippen molar-refractivity contribution in [2.24, 2.45) is 0 Å². The van der Waals surface area contributed by atoms with E-state index in [-0.39, 0.29) is 17.5 Å². The number of amides is 1. The normalized spacial score (nSPS) is 12.8. The number of methoxy groups -OCH3 is 1. The number of nitrogens with one attached hydrogen (secondary N) is 1. The second-order valence-corrected chi connectivity index (χ2v) is 9.29. The number of ether oxygens (including phenoxy) is 1. The lowest BCUT2D eigenvalue weighted by atomic mass is 10.2. The quantitative estimate of drug-likeness (QED) is 0.721. The summed E-state index contributed by atoms with van der Waals surface area (Å²) in [6.07, 6.45) is 0.581. The Morgan fingerprint density at radius 1 is 1.30 bits per heavy atom. The van der Waals surface area contributed by atoms with Crippen molar-refractivity contribution in [3.8, 4) is 5.75 Å². The fourth-order valence-corrected chi connectivity index (χ4v) is 4.88. The van der Waals surface area contributed by atoms with Crippen LogP contribution < -0.4 is 10.1 Å². The van der Waals surface area contributed by atoms with Gasteiger partial charge in [-0.2, -0.15) is 4.31 Å². The van der Waals surface area contributed by atoms with Crippen molar-refractivity contribution in [2.45, 2.75) is 45.1 Å². The lowest BCUT2D eigenvalue weighted by Gasteiger charge is -2.27. The van der Waals surface area contributed by atoms with Crippen molar-refractivity contribution < 1.29 is 17.9 Å². The van der Waals surface area contributed by atoms with E-state index in [1.54, 1.807) is 19.1 Å². The highest BCUT2D eigenvalue weighted by Gasteiger charge is 2.30. The van der Waals surface area contributed by atoms with Gasteiger partial charge in [0.05, 0.1) is 24.2 Å². The van der Waals surface area contributed by atoms with Gasteiger partial charge < -0.3 is 10.1 Å². The van der Waals surface area contributed by atoms with Crippen molar-refractivity contribution in [3.05, 3.63) is 34.8 Å². The van der Waals surface area contributed by atoms with Crippen molar-refractivity contribution in [3.63, 3.8) is 0 Å². The van der Waals surface area contributed by atoms with E-state index in [1.165, 1.54) is 34.9 Å². The summed E-state index contributed by atoms with van der Waals surface area (Å²) in [6, 6.07) is 5.80. The van der Waals surface area contributed by atoms with Crippen LogP contribution in [0.4, 0.5) is 5.13 Å². The van der Waals surface area contributed by atoms with Crippen LogP contribution in [0.5, 0.6) is 5.75 Å². The molecule has 27 heavy (non-hydrogen) atoms. The average molecular weight is 412 g/mol. The van der Waals surface area contributed by atoms with Crippen LogP contribution in [0.25, 0.3) is 0 Å². The van der Waals surface area contributed by atoms with Crippen LogP contribution in [-0.4, -0.2) is 43.3 Å². The minimum Gasteiger partial charge on any atom is -0.497 e. The van der Waals surface area contributed by atoms with Gasteiger partial charge in [-0.3, -0.25) is 4.79 Å². The molecule has 9 heteroatoms. The molecular weight excluding hydrogens is 386 g/mol. The molecule has 0 fully saturated rings. The minimum atomic E-state index is -3.83. The van der Waals surface area contributed by atoms with E-state index in [9.17, 15) is 13.2 Å². The molecule has 1 N–H and O–H groups in total. The fraction of sp³-hybridized carbons (Fsp3) is 0.444. The molecule has 0 aliphatic heterocycles. The molecule has 2 aromatic rings. The molecule has 1 aromatic carbocycles. The molecule has 7 nitrogen and oxygen atoms in total. The summed E-state index contributed by atoms with van der Waals surface area (Å²) in [6.45, 7) is 7.17. The number of nitrogens with zero attached hydrogens (tertiary/aromatic N) is 2. The third-order valence-electron chi connectivity index (χ3n) is 4.32. The molecule has 1 unspecified atom stereocenters. The van der Waals surface area contributed by atoms with Gasteiger partial charge in [-0.25, -0.2) is 13.4 Å². The third-order valence-corrected chi connectivity index (χ3v) is 7.29. The van der Waals surface area contributed by atoms with E-state index in [0.29, 0.717) is 17.3 Å². The van der Waals surface area contributed by atoms with E-state index < -0.39 is 15.9 Å². The summed E-state index contributed by atoms with van der Waals surface area (Å²) in [7, 11) is -2.31. The van der Waals surface area contributed by atoms with Crippen molar-refractivity contribution in [2.75, 3.05) is 19.0 Å². The van der Waals surface area contributed by atoms with Crippen LogP contribution >= 0.6 is 11.3 Å². The fourth-order valence-electron chi connectivity index (χ4n) is 2.39. The minimum absolute atomic E-state index is 0.123. The van der Waals surface area contributed by atoms with E-state index in [4.69, 9.17) is 4.74 Å². The summed E-state index contributed by atoms with van der Waals surface area (Å²) in [4.78, 5) is 17.9. The number of hydrogen-bond donors (Lipinski definition) is 1. The van der Waals surface area contributed by atoms with Crippen molar-refractivity contribution >= 4 is 32.4 Å². The molecule has 1 aromatic heterocycles. The number of benzene rings is 1. The van der Waals surface area contributed by atoms with Gasteiger partial charge in [0.25, 0.3) is 0 Å². The van der Waals surface area contributed by atoms with Crippen LogP contribution in [0.15, 0.2) is 29.2 Å². The zero-order valence-electron chi connectivity index (χ0n) is 16.1. The van der Waals surface area contributed by atoms with Crippen molar-refractivity contribution in [1.82, 2.24) is 9.29 Å². The van der Waals surface area contributed by atoms with E-state index in [2.05, 4.69) is 10.3 Å². The lowest BCUT2D eigenvalue weighted by Crippen LogP contribution is -2.43. The molecule has 0 saturated heterocycles. The number of carbonyl (C=O) groups excluding carboxylic acids is 1. The maximum absolute atomic E-state index is 13.1. The summed E-state index contributed by atoms with van der Waals surface area (Å²) < 4.78 is 32.4. The highest BCUT2D eigenvalue weighted by molar-refractivity contribution is 7.89. The average Bonchev–Trinajstić information content (AvgIpc) is 2.96. The second kappa shape index (κ2) is 8.81. The molecule has 0 saturated carbocycles.